The number of benzene rings is 3. The molecule has 0 N–H and O–H groups in total. The van der Waals surface area contributed by atoms with Gasteiger partial charge in [0.15, 0.2) is 12.4 Å². The molecular formula is C32H20F3N3O5S. The number of ether oxygens (including phenoxy) is 1. The van der Waals surface area contributed by atoms with E-state index < -0.39 is 52.7 Å². The lowest BCUT2D eigenvalue weighted by atomic mass is 10.1. The molecular weight excluding hydrogens is 595 g/mol. The Morgan fingerprint density at radius 3 is 2.20 bits per heavy atom. The standard InChI is InChI=1S/C32H20F3N3O5S/c33-32(34,35)24-15-25(19-7-3-1-4-8-19)37-29(23(24)17-36)44-27-16-28(40)38(30(27)41)22-13-11-21(12-14-22)31(42)43-18-26(39)20-9-5-2-6-10-20/h1-15,27H,16,18H2. The lowest BCUT2D eigenvalue weighted by Gasteiger charge is -2.17. The molecule has 4 aromatic rings. The lowest BCUT2D eigenvalue weighted by Crippen LogP contribution is -2.31. The molecule has 3 aromatic carbocycles. The first kappa shape index (κ1) is 30.2. The van der Waals surface area contributed by atoms with Crippen molar-refractivity contribution in [2.45, 2.75) is 22.9 Å². The molecule has 0 bridgehead atoms. The van der Waals surface area contributed by atoms with E-state index in [4.69, 9.17) is 4.74 Å². The van der Waals surface area contributed by atoms with Gasteiger partial charge in [-0.1, -0.05) is 72.4 Å². The number of hydrogen-bond donors (Lipinski definition) is 0. The molecule has 8 nitrogen and oxygen atoms in total. The molecule has 1 aromatic heterocycles. The van der Waals surface area contributed by atoms with Crippen LogP contribution in [0.5, 0.6) is 0 Å². The molecule has 1 atom stereocenters. The SMILES string of the molecule is N#Cc1c(C(F)(F)F)cc(-c2ccccc2)nc1SC1CC(=O)N(c2ccc(C(=O)OCC(=O)c3ccccc3)cc2)C1=O. The van der Waals surface area contributed by atoms with Crippen molar-refractivity contribution in [2.24, 2.45) is 0 Å². The minimum absolute atomic E-state index is 0.0407. The second-order valence-electron chi connectivity index (χ2n) is 9.50. The van der Waals surface area contributed by atoms with Crippen LogP contribution in [0.4, 0.5) is 18.9 Å². The smallest absolute Gasteiger partial charge is 0.417 e. The summed E-state index contributed by atoms with van der Waals surface area (Å²) >= 11 is 0.616. The lowest BCUT2D eigenvalue weighted by molar-refractivity contribution is -0.138. The number of hydrogen-bond acceptors (Lipinski definition) is 8. The monoisotopic (exact) mass is 615 g/mol. The van der Waals surface area contributed by atoms with E-state index in [-0.39, 0.29) is 28.4 Å². The third kappa shape index (κ3) is 6.38. The minimum Gasteiger partial charge on any atom is -0.454 e. The van der Waals surface area contributed by atoms with Crippen LogP contribution in [0.2, 0.25) is 0 Å². The number of halogens is 3. The molecule has 0 aliphatic carbocycles. The Labute approximate surface area is 253 Å². The number of imide groups is 1. The summed E-state index contributed by atoms with van der Waals surface area (Å²) in [7, 11) is 0. The average Bonchev–Trinajstić information content (AvgIpc) is 3.31. The van der Waals surface area contributed by atoms with E-state index in [1.807, 2.05) is 0 Å². The van der Waals surface area contributed by atoms with E-state index in [2.05, 4.69) is 4.98 Å². The molecule has 1 aliphatic heterocycles. The van der Waals surface area contributed by atoms with Gasteiger partial charge >= 0.3 is 12.1 Å². The second kappa shape index (κ2) is 12.5. The molecule has 5 rings (SSSR count). The average molecular weight is 616 g/mol. The van der Waals surface area contributed by atoms with Crippen molar-refractivity contribution in [3.63, 3.8) is 0 Å². The van der Waals surface area contributed by atoms with Crippen LogP contribution in [-0.2, 0) is 20.5 Å². The number of nitriles is 1. The number of pyridine rings is 1. The molecule has 44 heavy (non-hydrogen) atoms. The fourth-order valence-electron chi connectivity index (χ4n) is 4.47. The molecule has 0 saturated carbocycles. The summed E-state index contributed by atoms with van der Waals surface area (Å²) < 4.78 is 46.9. The summed E-state index contributed by atoms with van der Waals surface area (Å²) in [4.78, 5) is 56.0. The maximum atomic E-state index is 13.9. The number of thioether (sulfide) groups is 1. The van der Waals surface area contributed by atoms with Gasteiger partial charge < -0.3 is 4.74 Å². The zero-order valence-corrected chi connectivity index (χ0v) is 23.4. The van der Waals surface area contributed by atoms with Gasteiger partial charge in [-0.3, -0.25) is 14.4 Å². The number of ketones is 1. The third-order valence-corrected chi connectivity index (χ3v) is 7.79. The van der Waals surface area contributed by atoms with Crippen LogP contribution >= 0.6 is 11.8 Å². The Balaban J connectivity index is 1.33. The zero-order chi connectivity index (χ0) is 31.4. The molecule has 220 valence electrons. The van der Waals surface area contributed by atoms with Gasteiger partial charge in [0, 0.05) is 17.5 Å². The van der Waals surface area contributed by atoms with E-state index in [1.165, 1.54) is 24.3 Å². The summed E-state index contributed by atoms with van der Waals surface area (Å²) in [5.41, 5.74) is -1.02. The van der Waals surface area contributed by atoms with Gasteiger partial charge in [-0.2, -0.15) is 18.4 Å². The van der Waals surface area contributed by atoms with Crippen LogP contribution in [0.3, 0.4) is 0 Å². The molecule has 1 unspecified atom stereocenters. The van der Waals surface area contributed by atoms with Crippen LogP contribution in [0.15, 0.2) is 96.0 Å². The highest BCUT2D eigenvalue weighted by Gasteiger charge is 2.42. The molecule has 0 spiro atoms. The van der Waals surface area contributed by atoms with Gasteiger partial charge in [-0.25, -0.2) is 14.7 Å². The predicted molar refractivity (Wildman–Crippen MR) is 154 cm³/mol. The normalized spacial score (nSPS) is 14.8. The topological polar surface area (TPSA) is 117 Å². The van der Waals surface area contributed by atoms with E-state index in [9.17, 15) is 37.6 Å². The number of aromatic nitrogens is 1. The predicted octanol–water partition coefficient (Wildman–Crippen LogP) is 6.10. The number of alkyl halides is 3. The first-order valence-electron chi connectivity index (χ1n) is 13.0. The molecule has 1 fully saturated rings. The second-order valence-corrected chi connectivity index (χ2v) is 10.7. The van der Waals surface area contributed by atoms with Crippen LogP contribution < -0.4 is 4.90 Å². The number of carbonyl (C=O) groups excluding carboxylic acids is 4. The quantitative estimate of drug-likeness (QED) is 0.133. The highest BCUT2D eigenvalue weighted by atomic mass is 32.2. The number of nitrogens with zero attached hydrogens (tertiary/aromatic N) is 3. The number of Topliss-reactive ketones (excluding diaryl/α,β-unsaturated/α-hetero) is 1. The van der Waals surface area contributed by atoms with Crippen molar-refractivity contribution < 1.29 is 37.1 Å². The zero-order valence-electron chi connectivity index (χ0n) is 22.6. The molecule has 2 heterocycles. The van der Waals surface area contributed by atoms with Crippen LogP contribution in [0.25, 0.3) is 11.3 Å². The maximum Gasteiger partial charge on any atom is 0.417 e. The Bertz CT molecular complexity index is 1790. The highest BCUT2D eigenvalue weighted by molar-refractivity contribution is 8.00. The van der Waals surface area contributed by atoms with E-state index >= 15 is 0 Å². The van der Waals surface area contributed by atoms with Gasteiger partial charge in [0.2, 0.25) is 11.8 Å². The van der Waals surface area contributed by atoms with Crippen molar-refractivity contribution in [2.75, 3.05) is 11.5 Å². The summed E-state index contributed by atoms with van der Waals surface area (Å²) in [6.45, 7) is -0.479. The number of esters is 1. The molecule has 1 saturated heterocycles. The number of amides is 2. The Morgan fingerprint density at radius 2 is 1.59 bits per heavy atom. The van der Waals surface area contributed by atoms with Gasteiger partial charge in [-0.05, 0) is 30.3 Å². The van der Waals surface area contributed by atoms with Crippen molar-refractivity contribution in [1.29, 1.82) is 5.26 Å². The van der Waals surface area contributed by atoms with Crippen molar-refractivity contribution in [3.05, 3.63) is 113 Å². The third-order valence-electron chi connectivity index (χ3n) is 6.62. The summed E-state index contributed by atoms with van der Waals surface area (Å²) in [5, 5.41) is 8.15. The Kier molecular flexibility index (Phi) is 8.59. The minimum atomic E-state index is -4.87. The number of anilines is 1. The van der Waals surface area contributed by atoms with Gasteiger partial charge in [0.25, 0.3) is 0 Å². The van der Waals surface area contributed by atoms with Crippen molar-refractivity contribution in [3.8, 4) is 17.3 Å². The summed E-state index contributed by atoms with van der Waals surface area (Å²) in [5.74, 6) is -2.52. The fraction of sp³-hybridized carbons (Fsp3) is 0.125. The largest absolute Gasteiger partial charge is 0.454 e. The van der Waals surface area contributed by atoms with Crippen LogP contribution in [0.1, 0.15) is 38.3 Å². The summed E-state index contributed by atoms with van der Waals surface area (Å²) in [6, 6.07) is 24.0. The van der Waals surface area contributed by atoms with Gasteiger partial charge in [0.05, 0.1) is 33.3 Å². The fourth-order valence-corrected chi connectivity index (χ4v) is 5.59. The van der Waals surface area contributed by atoms with E-state index in [1.54, 1.807) is 66.7 Å². The number of rotatable bonds is 8. The number of carbonyl (C=O) groups is 4. The molecule has 2 amide bonds. The summed E-state index contributed by atoms with van der Waals surface area (Å²) in [6.07, 6.45) is -5.22. The molecule has 1 aliphatic rings. The van der Waals surface area contributed by atoms with Gasteiger partial charge in [0.1, 0.15) is 11.1 Å². The first-order valence-corrected chi connectivity index (χ1v) is 13.9. The molecule has 0 radical (unpaired) electrons. The first-order chi connectivity index (χ1) is 21.1. The van der Waals surface area contributed by atoms with E-state index in [0.29, 0.717) is 22.9 Å². The van der Waals surface area contributed by atoms with Gasteiger partial charge in [-0.15, -0.1) is 0 Å². The maximum absolute atomic E-state index is 13.9. The Hall–Kier alpha value is -5.28. The van der Waals surface area contributed by atoms with Crippen molar-refractivity contribution in [1.82, 2.24) is 4.98 Å². The highest BCUT2D eigenvalue weighted by Crippen LogP contribution is 2.41. The van der Waals surface area contributed by atoms with E-state index in [0.717, 1.165) is 11.0 Å². The van der Waals surface area contributed by atoms with Crippen molar-refractivity contribution >= 4 is 41.0 Å². The van der Waals surface area contributed by atoms with Crippen LogP contribution in [-0.4, -0.2) is 40.4 Å². The van der Waals surface area contributed by atoms with Crippen LogP contribution in [0, 0.1) is 11.3 Å². The molecule has 12 heteroatoms. The Morgan fingerprint density at radius 1 is 0.955 bits per heavy atom.